The number of amides is 1. The molecule has 3 heterocycles. The number of rotatable bonds is 7. The van der Waals surface area contributed by atoms with Gasteiger partial charge in [-0.1, -0.05) is 17.3 Å². The molecule has 1 saturated heterocycles. The number of aryl methyl sites for hydroxylation is 2. The zero-order valence-electron chi connectivity index (χ0n) is 18.8. The molecule has 1 aliphatic rings. The van der Waals surface area contributed by atoms with Crippen molar-refractivity contribution in [1.29, 1.82) is 0 Å². The predicted octanol–water partition coefficient (Wildman–Crippen LogP) is 3.50. The third-order valence-electron chi connectivity index (χ3n) is 5.86. The maximum atomic E-state index is 12.3. The largest absolute Gasteiger partial charge is 0.497 e. The molecular formula is C24H29N5O3. The van der Waals surface area contributed by atoms with E-state index in [0.29, 0.717) is 24.0 Å². The van der Waals surface area contributed by atoms with Crippen LogP contribution in [0.15, 0.2) is 41.0 Å². The summed E-state index contributed by atoms with van der Waals surface area (Å²) >= 11 is 0. The number of carbonyl (C=O) groups excluding carboxylic acids is 1. The molecule has 0 saturated carbocycles. The first-order valence-electron chi connectivity index (χ1n) is 10.9. The molecule has 0 radical (unpaired) electrons. The van der Waals surface area contributed by atoms with E-state index in [2.05, 4.69) is 56.3 Å². The predicted molar refractivity (Wildman–Crippen MR) is 121 cm³/mol. The smallest absolute Gasteiger partial charge is 0.239 e. The van der Waals surface area contributed by atoms with Crippen LogP contribution in [0.3, 0.4) is 0 Å². The lowest BCUT2D eigenvalue weighted by atomic mass is 9.91. The van der Waals surface area contributed by atoms with Gasteiger partial charge >= 0.3 is 0 Å². The lowest BCUT2D eigenvalue weighted by Crippen LogP contribution is -2.39. The number of hydrogen-bond acceptors (Lipinski definition) is 7. The molecule has 0 aliphatic carbocycles. The van der Waals surface area contributed by atoms with Crippen LogP contribution < -0.4 is 10.1 Å². The minimum atomic E-state index is -0.100. The van der Waals surface area contributed by atoms with E-state index in [9.17, 15) is 4.79 Å². The maximum absolute atomic E-state index is 12.3. The van der Waals surface area contributed by atoms with Gasteiger partial charge in [-0.05, 0) is 86.7 Å². The summed E-state index contributed by atoms with van der Waals surface area (Å²) < 4.78 is 9.98. The van der Waals surface area contributed by atoms with Gasteiger partial charge in [-0.25, -0.2) is 4.63 Å². The summed E-state index contributed by atoms with van der Waals surface area (Å²) in [7, 11) is 1.69. The van der Waals surface area contributed by atoms with Gasteiger partial charge in [0, 0.05) is 17.3 Å². The Morgan fingerprint density at radius 1 is 1.16 bits per heavy atom. The Balaban J connectivity index is 1.35. The van der Waals surface area contributed by atoms with Gasteiger partial charge in [0.05, 0.1) is 13.7 Å². The summed E-state index contributed by atoms with van der Waals surface area (Å²) in [5.74, 6) is 1.56. The molecule has 1 fully saturated rings. The number of aromatic nitrogens is 3. The van der Waals surface area contributed by atoms with Crippen LogP contribution in [0.2, 0.25) is 0 Å². The Morgan fingerprint density at radius 3 is 2.69 bits per heavy atom. The first-order chi connectivity index (χ1) is 15.5. The lowest BCUT2D eigenvalue weighted by Gasteiger charge is -2.31. The molecule has 8 nitrogen and oxygen atoms in total. The van der Waals surface area contributed by atoms with Crippen LogP contribution in [-0.4, -0.2) is 52.8 Å². The Morgan fingerprint density at radius 2 is 1.97 bits per heavy atom. The molecule has 0 atom stereocenters. The molecule has 1 N–H and O–H groups in total. The number of piperidine rings is 1. The van der Waals surface area contributed by atoms with Gasteiger partial charge in [-0.2, -0.15) is 0 Å². The molecule has 168 valence electrons. The van der Waals surface area contributed by atoms with Gasteiger partial charge < -0.3 is 10.1 Å². The number of carbonyl (C=O) groups is 1. The van der Waals surface area contributed by atoms with Crippen molar-refractivity contribution in [3.05, 3.63) is 64.6 Å². The summed E-state index contributed by atoms with van der Waals surface area (Å²) in [6.07, 6.45) is 2.81. The molecule has 1 amide bonds. The normalized spacial score (nSPS) is 15.0. The van der Waals surface area contributed by atoms with E-state index in [1.54, 1.807) is 14.0 Å². The van der Waals surface area contributed by atoms with E-state index in [0.717, 1.165) is 49.5 Å². The van der Waals surface area contributed by atoms with Crippen LogP contribution in [0.4, 0.5) is 5.82 Å². The second-order valence-electron chi connectivity index (χ2n) is 8.37. The number of nitrogens with zero attached hydrogens (tertiary/aromatic N) is 4. The highest BCUT2D eigenvalue weighted by molar-refractivity contribution is 5.91. The number of ether oxygens (including phenoxy) is 1. The number of anilines is 1. The number of nitrogens with one attached hydrogen (secondary N) is 1. The molecule has 32 heavy (non-hydrogen) atoms. The fraction of sp³-hybridized carbons (Fsp3) is 0.417. The van der Waals surface area contributed by atoms with Gasteiger partial charge in [0.25, 0.3) is 0 Å². The van der Waals surface area contributed by atoms with Gasteiger partial charge in [-0.15, -0.1) is 0 Å². The zero-order chi connectivity index (χ0) is 22.5. The van der Waals surface area contributed by atoms with Gasteiger partial charge in [0.2, 0.25) is 5.91 Å². The monoisotopic (exact) mass is 435 g/mol. The van der Waals surface area contributed by atoms with Crippen molar-refractivity contribution < 1.29 is 14.2 Å². The van der Waals surface area contributed by atoms with Crippen molar-refractivity contribution in [2.45, 2.75) is 39.0 Å². The molecule has 0 unspecified atom stereocenters. The summed E-state index contributed by atoms with van der Waals surface area (Å²) in [6, 6.07) is 12.6. The molecule has 4 rings (SSSR count). The third kappa shape index (κ3) is 5.50. The van der Waals surface area contributed by atoms with Crippen molar-refractivity contribution in [3.63, 3.8) is 0 Å². The van der Waals surface area contributed by atoms with Crippen LogP contribution in [0.5, 0.6) is 5.75 Å². The summed E-state index contributed by atoms with van der Waals surface area (Å²) in [5, 5.41) is 10.1. The number of hydrogen-bond donors (Lipinski definition) is 1. The second kappa shape index (κ2) is 9.91. The van der Waals surface area contributed by atoms with Crippen molar-refractivity contribution in [2.75, 3.05) is 32.1 Å². The van der Waals surface area contributed by atoms with Crippen molar-refractivity contribution in [1.82, 2.24) is 20.2 Å². The summed E-state index contributed by atoms with van der Waals surface area (Å²) in [5.41, 5.74) is 5.25. The van der Waals surface area contributed by atoms with E-state index in [1.165, 1.54) is 11.1 Å². The van der Waals surface area contributed by atoms with Crippen LogP contribution >= 0.6 is 0 Å². The Kier molecular flexibility index (Phi) is 6.80. The van der Waals surface area contributed by atoms with E-state index < -0.39 is 0 Å². The number of benzene rings is 1. The molecule has 1 aliphatic heterocycles. The molecule has 1 aromatic carbocycles. The molecule has 2 aromatic heterocycles. The first-order valence-corrected chi connectivity index (χ1v) is 10.9. The highest BCUT2D eigenvalue weighted by atomic mass is 16.6. The number of pyridine rings is 1. The minimum absolute atomic E-state index is 0.100. The molecule has 8 heteroatoms. The van der Waals surface area contributed by atoms with Gasteiger partial charge in [0.1, 0.15) is 11.4 Å². The van der Waals surface area contributed by atoms with Crippen LogP contribution in [0.1, 0.15) is 47.0 Å². The van der Waals surface area contributed by atoms with E-state index >= 15 is 0 Å². The average Bonchev–Trinajstić information content (AvgIpc) is 3.18. The van der Waals surface area contributed by atoms with Crippen molar-refractivity contribution >= 4 is 11.7 Å². The van der Waals surface area contributed by atoms with E-state index in [1.807, 2.05) is 12.1 Å². The Hall–Kier alpha value is -3.26. The fourth-order valence-corrected chi connectivity index (χ4v) is 4.20. The van der Waals surface area contributed by atoms with Gasteiger partial charge in [-0.3, -0.25) is 14.7 Å². The van der Waals surface area contributed by atoms with Crippen molar-refractivity contribution in [3.8, 4) is 5.75 Å². The topological polar surface area (TPSA) is 93.4 Å². The first kappa shape index (κ1) is 22.0. The maximum Gasteiger partial charge on any atom is 0.239 e. The number of methoxy groups -OCH3 is 1. The highest BCUT2D eigenvalue weighted by Crippen LogP contribution is 2.28. The molecule has 0 spiro atoms. The third-order valence-corrected chi connectivity index (χ3v) is 5.86. The molecular weight excluding hydrogens is 406 g/mol. The van der Waals surface area contributed by atoms with E-state index in [-0.39, 0.29) is 5.91 Å². The Labute approximate surface area is 187 Å². The SMILES string of the molecule is COc1cccc(Cc2cc(C)nc(C3CCN(CC(=O)Nc4nonc4C)CC3)c2)c1. The lowest BCUT2D eigenvalue weighted by molar-refractivity contribution is -0.117. The van der Waals surface area contributed by atoms with E-state index in [4.69, 9.17) is 9.72 Å². The number of likely N-dealkylation sites (tertiary alicyclic amines) is 1. The fourth-order valence-electron chi connectivity index (χ4n) is 4.20. The quantitative estimate of drug-likeness (QED) is 0.607. The Bertz CT molecular complexity index is 1070. The van der Waals surface area contributed by atoms with Crippen molar-refractivity contribution in [2.24, 2.45) is 0 Å². The zero-order valence-corrected chi connectivity index (χ0v) is 18.8. The molecule has 0 bridgehead atoms. The summed E-state index contributed by atoms with van der Waals surface area (Å²) in [4.78, 5) is 19.3. The second-order valence-corrected chi connectivity index (χ2v) is 8.37. The molecule has 3 aromatic rings. The summed E-state index contributed by atoms with van der Waals surface area (Å²) in [6.45, 7) is 5.85. The van der Waals surface area contributed by atoms with Crippen LogP contribution in [0, 0.1) is 13.8 Å². The highest BCUT2D eigenvalue weighted by Gasteiger charge is 2.24. The average molecular weight is 436 g/mol. The minimum Gasteiger partial charge on any atom is -0.497 e. The standard InChI is InChI=1S/C24H29N5O3/c1-16-11-19(12-18-5-4-6-21(13-18)31-3)14-22(25-16)20-7-9-29(10-8-20)15-23(30)26-24-17(2)27-32-28-24/h4-6,11,13-14,20H,7-10,12,15H2,1-3H3,(H,26,28,30). The van der Waals surface area contributed by atoms with Crippen LogP contribution in [-0.2, 0) is 11.2 Å². The van der Waals surface area contributed by atoms with Crippen LogP contribution in [0.25, 0.3) is 0 Å². The van der Waals surface area contributed by atoms with Gasteiger partial charge in [0.15, 0.2) is 5.82 Å².